The van der Waals surface area contributed by atoms with E-state index in [0.717, 1.165) is 67.6 Å². The summed E-state index contributed by atoms with van der Waals surface area (Å²) in [5.74, 6) is 4.92. The van der Waals surface area contributed by atoms with Gasteiger partial charge in [0.1, 0.15) is 11.6 Å². The van der Waals surface area contributed by atoms with Gasteiger partial charge < -0.3 is 10.2 Å². The number of rotatable bonds is 4. The van der Waals surface area contributed by atoms with Crippen LogP contribution in [-0.2, 0) is 10.2 Å². The lowest BCUT2D eigenvalue weighted by atomic mass is 9.85. The Balaban J connectivity index is 1.61. The molecule has 156 valence electrons. The summed E-state index contributed by atoms with van der Waals surface area (Å²) in [6.45, 7) is 12.7. The third-order valence-corrected chi connectivity index (χ3v) is 6.72. The Bertz CT molecular complexity index is 672. The molecule has 0 aromatic carbocycles. The monoisotopic (exact) mass is 404 g/mol. The molecule has 1 aromatic rings. The second-order valence-corrected chi connectivity index (χ2v) is 10.8. The molecule has 0 unspecified atom stereocenters. The van der Waals surface area contributed by atoms with E-state index >= 15 is 0 Å². The van der Waals surface area contributed by atoms with Crippen LogP contribution < -0.4 is 5.32 Å². The van der Waals surface area contributed by atoms with Crippen LogP contribution in [0.5, 0.6) is 0 Å². The average molecular weight is 405 g/mol. The van der Waals surface area contributed by atoms with Gasteiger partial charge in [0.15, 0.2) is 0 Å². The Morgan fingerprint density at radius 2 is 1.79 bits per heavy atom. The molecule has 0 radical (unpaired) electrons. The van der Waals surface area contributed by atoms with E-state index in [2.05, 4.69) is 50.9 Å². The number of thioether (sulfide) groups is 1. The Kier molecular flexibility index (Phi) is 6.89. The summed E-state index contributed by atoms with van der Waals surface area (Å²) >= 11 is 1.95. The van der Waals surface area contributed by atoms with Gasteiger partial charge in [0, 0.05) is 54.0 Å². The van der Waals surface area contributed by atoms with Crippen LogP contribution in [0.25, 0.3) is 0 Å². The summed E-state index contributed by atoms with van der Waals surface area (Å²) in [6.07, 6.45) is 4.03. The summed E-state index contributed by atoms with van der Waals surface area (Å²) in [6, 6.07) is 2.50. The molecular formula is C22H36N4OS. The highest BCUT2D eigenvalue weighted by Crippen LogP contribution is 2.30. The molecule has 1 N–H and O–H groups in total. The molecule has 1 saturated heterocycles. The topological polar surface area (TPSA) is 58.1 Å². The molecule has 0 atom stereocenters. The fourth-order valence-corrected chi connectivity index (χ4v) is 4.82. The van der Waals surface area contributed by atoms with Gasteiger partial charge in [-0.15, -0.1) is 0 Å². The molecule has 1 saturated carbocycles. The zero-order chi connectivity index (χ0) is 20.3. The number of hydrogen-bond donors (Lipinski definition) is 1. The van der Waals surface area contributed by atoms with Crippen LogP contribution in [0.2, 0.25) is 0 Å². The summed E-state index contributed by atoms with van der Waals surface area (Å²) in [5.41, 5.74) is 1.08. The van der Waals surface area contributed by atoms with Crippen LogP contribution in [0, 0.1) is 5.92 Å². The van der Waals surface area contributed by atoms with Gasteiger partial charge in [-0.05, 0) is 25.7 Å². The van der Waals surface area contributed by atoms with Crippen molar-refractivity contribution in [1.82, 2.24) is 14.9 Å². The Morgan fingerprint density at radius 1 is 1.14 bits per heavy atom. The smallest absolute Gasteiger partial charge is 0.225 e. The van der Waals surface area contributed by atoms with Gasteiger partial charge in [-0.2, -0.15) is 11.8 Å². The Labute approximate surface area is 174 Å². The van der Waals surface area contributed by atoms with Gasteiger partial charge in [-0.25, -0.2) is 9.97 Å². The standard InChI is InChI=1S/C22H36N4OS/c1-15(2)20-24-18(22(3,4)5)14-19(25-20)23-17-8-6-16(7-9-17)21(27)26-10-12-28-13-11-26/h14-17H,6-13H2,1-5H3,(H,23,24,25). The van der Waals surface area contributed by atoms with Crippen molar-refractivity contribution in [3.63, 3.8) is 0 Å². The first-order valence-electron chi connectivity index (χ1n) is 10.8. The number of anilines is 1. The van der Waals surface area contributed by atoms with Gasteiger partial charge in [-0.3, -0.25) is 4.79 Å². The van der Waals surface area contributed by atoms with Crippen molar-refractivity contribution >= 4 is 23.5 Å². The maximum atomic E-state index is 12.8. The summed E-state index contributed by atoms with van der Waals surface area (Å²) in [4.78, 5) is 24.4. The number of hydrogen-bond acceptors (Lipinski definition) is 5. The van der Waals surface area contributed by atoms with E-state index < -0.39 is 0 Å². The second kappa shape index (κ2) is 9.02. The van der Waals surface area contributed by atoms with Gasteiger partial charge >= 0.3 is 0 Å². The normalized spacial score (nSPS) is 23.7. The molecule has 6 heteroatoms. The quantitative estimate of drug-likeness (QED) is 0.804. The number of nitrogens with one attached hydrogen (secondary N) is 1. The summed E-state index contributed by atoms with van der Waals surface area (Å²) < 4.78 is 0. The largest absolute Gasteiger partial charge is 0.367 e. The van der Waals surface area contributed by atoms with Crippen LogP contribution in [0.15, 0.2) is 6.07 Å². The van der Waals surface area contributed by atoms with Gasteiger partial charge in [0.05, 0.1) is 5.69 Å². The first-order chi connectivity index (χ1) is 13.2. The predicted octanol–water partition coefficient (Wildman–Crippen LogP) is 4.44. The Morgan fingerprint density at radius 3 is 2.36 bits per heavy atom. The lowest BCUT2D eigenvalue weighted by molar-refractivity contribution is -0.136. The van der Waals surface area contributed by atoms with E-state index in [9.17, 15) is 4.79 Å². The van der Waals surface area contributed by atoms with Crippen molar-refractivity contribution in [3.8, 4) is 0 Å². The van der Waals surface area contributed by atoms with Crippen molar-refractivity contribution < 1.29 is 4.79 Å². The van der Waals surface area contributed by atoms with Crippen LogP contribution >= 0.6 is 11.8 Å². The third-order valence-electron chi connectivity index (χ3n) is 5.78. The Hall–Kier alpha value is -1.30. The van der Waals surface area contributed by atoms with E-state index in [1.807, 2.05) is 11.8 Å². The minimum atomic E-state index is -0.000181. The zero-order valence-corrected chi connectivity index (χ0v) is 18.9. The van der Waals surface area contributed by atoms with Gasteiger partial charge in [0.25, 0.3) is 0 Å². The van der Waals surface area contributed by atoms with E-state index in [1.165, 1.54) is 0 Å². The van der Waals surface area contributed by atoms with E-state index in [4.69, 9.17) is 9.97 Å². The molecule has 3 rings (SSSR count). The zero-order valence-electron chi connectivity index (χ0n) is 18.1. The molecule has 1 aromatic heterocycles. The van der Waals surface area contributed by atoms with Crippen molar-refractivity contribution in [2.45, 2.75) is 77.7 Å². The fourth-order valence-electron chi connectivity index (χ4n) is 3.92. The molecule has 5 nitrogen and oxygen atoms in total. The number of carbonyl (C=O) groups excluding carboxylic acids is 1. The first kappa shape index (κ1) is 21.4. The SMILES string of the molecule is CC(C)c1nc(NC2CCC(C(=O)N3CCSCC3)CC2)cc(C(C)(C)C)n1. The van der Waals surface area contributed by atoms with Crippen LogP contribution in [0.1, 0.15) is 77.7 Å². The minimum absolute atomic E-state index is 0.000181. The lowest BCUT2D eigenvalue weighted by Crippen LogP contribution is -2.43. The number of aromatic nitrogens is 2. The van der Waals surface area contributed by atoms with Crippen LogP contribution in [0.3, 0.4) is 0 Å². The molecular weight excluding hydrogens is 368 g/mol. The molecule has 0 bridgehead atoms. The molecule has 1 amide bonds. The maximum absolute atomic E-state index is 12.8. The first-order valence-corrected chi connectivity index (χ1v) is 11.9. The van der Waals surface area contributed by atoms with Crippen molar-refractivity contribution in [2.24, 2.45) is 5.92 Å². The highest BCUT2D eigenvalue weighted by atomic mass is 32.2. The molecule has 2 aliphatic rings. The lowest BCUT2D eigenvalue weighted by Gasteiger charge is -2.34. The second-order valence-electron chi connectivity index (χ2n) is 9.53. The summed E-state index contributed by atoms with van der Waals surface area (Å²) in [5, 5.41) is 3.65. The number of amides is 1. The number of carbonyl (C=O) groups is 1. The van der Waals surface area contributed by atoms with E-state index in [1.54, 1.807) is 0 Å². The predicted molar refractivity (Wildman–Crippen MR) is 118 cm³/mol. The number of nitrogens with zero attached hydrogens (tertiary/aromatic N) is 3. The van der Waals surface area contributed by atoms with Gasteiger partial charge in [-0.1, -0.05) is 34.6 Å². The maximum Gasteiger partial charge on any atom is 0.225 e. The molecule has 1 aliphatic heterocycles. The van der Waals surface area contributed by atoms with E-state index in [0.29, 0.717) is 17.9 Å². The fraction of sp³-hybridized carbons (Fsp3) is 0.773. The highest BCUT2D eigenvalue weighted by Gasteiger charge is 2.30. The minimum Gasteiger partial charge on any atom is -0.367 e. The summed E-state index contributed by atoms with van der Waals surface area (Å²) in [7, 11) is 0. The molecule has 0 spiro atoms. The van der Waals surface area contributed by atoms with E-state index in [-0.39, 0.29) is 11.3 Å². The van der Waals surface area contributed by atoms with Crippen molar-refractivity contribution in [3.05, 3.63) is 17.6 Å². The van der Waals surface area contributed by atoms with Crippen molar-refractivity contribution in [1.29, 1.82) is 0 Å². The van der Waals surface area contributed by atoms with Gasteiger partial charge in [0.2, 0.25) is 5.91 Å². The third kappa shape index (κ3) is 5.40. The van der Waals surface area contributed by atoms with Crippen LogP contribution in [0.4, 0.5) is 5.82 Å². The highest BCUT2D eigenvalue weighted by molar-refractivity contribution is 7.99. The molecule has 2 fully saturated rings. The average Bonchev–Trinajstić information content (AvgIpc) is 2.68. The molecule has 28 heavy (non-hydrogen) atoms. The molecule has 1 aliphatic carbocycles. The molecule has 2 heterocycles. The van der Waals surface area contributed by atoms with Crippen molar-refractivity contribution in [2.75, 3.05) is 29.9 Å². The van der Waals surface area contributed by atoms with Crippen LogP contribution in [-0.4, -0.2) is 51.4 Å².